The molecule has 0 spiro atoms. The maximum absolute atomic E-state index is 3.84. The average molecular weight is 206 g/mol. The summed E-state index contributed by atoms with van der Waals surface area (Å²) >= 11 is 1.81. The Morgan fingerprint density at radius 3 is 2.64 bits per heavy atom. The van der Waals surface area contributed by atoms with Crippen LogP contribution >= 0.6 is 11.8 Å². The van der Waals surface area contributed by atoms with Crippen molar-refractivity contribution in [2.45, 2.75) is 31.1 Å². The van der Waals surface area contributed by atoms with Gasteiger partial charge >= 0.3 is 0 Å². The van der Waals surface area contributed by atoms with Crippen LogP contribution in [0.15, 0.2) is 35.7 Å². The SMILES string of the molecule is C=CC(C)c1cc(CC)cc(SC)c1. The molecular weight excluding hydrogens is 188 g/mol. The summed E-state index contributed by atoms with van der Waals surface area (Å²) in [6.45, 7) is 8.22. The van der Waals surface area contributed by atoms with Crippen molar-refractivity contribution in [3.8, 4) is 0 Å². The second-order valence-electron chi connectivity index (χ2n) is 3.49. The smallest absolute Gasteiger partial charge is 0.00748 e. The number of allylic oxidation sites excluding steroid dienone is 1. The van der Waals surface area contributed by atoms with E-state index < -0.39 is 0 Å². The standard InChI is InChI=1S/C13H18S/c1-5-10(3)12-7-11(6-2)8-13(9-12)14-4/h5,7-10H,1,6H2,2-4H3. The van der Waals surface area contributed by atoms with Gasteiger partial charge in [-0.25, -0.2) is 0 Å². The van der Waals surface area contributed by atoms with Gasteiger partial charge in [0.2, 0.25) is 0 Å². The Kier molecular flexibility index (Phi) is 4.27. The highest BCUT2D eigenvalue weighted by Crippen LogP contribution is 2.24. The van der Waals surface area contributed by atoms with Crippen LogP contribution in [-0.4, -0.2) is 6.26 Å². The molecule has 0 amide bonds. The molecular formula is C13H18S. The maximum atomic E-state index is 3.84. The van der Waals surface area contributed by atoms with Gasteiger partial charge in [-0.3, -0.25) is 0 Å². The molecule has 0 bridgehead atoms. The third-order valence-electron chi connectivity index (χ3n) is 2.51. The summed E-state index contributed by atoms with van der Waals surface area (Å²) in [5, 5.41) is 0. The normalized spacial score (nSPS) is 12.5. The molecule has 1 heteroatoms. The summed E-state index contributed by atoms with van der Waals surface area (Å²) in [6.07, 6.45) is 5.22. The first kappa shape index (κ1) is 11.4. The number of benzene rings is 1. The summed E-state index contributed by atoms with van der Waals surface area (Å²) in [5.41, 5.74) is 2.80. The average Bonchev–Trinajstić information content (AvgIpc) is 2.27. The molecule has 0 saturated carbocycles. The molecule has 0 nitrogen and oxygen atoms in total. The van der Waals surface area contributed by atoms with Crippen molar-refractivity contribution in [3.05, 3.63) is 42.0 Å². The summed E-state index contributed by atoms with van der Waals surface area (Å²) < 4.78 is 0. The van der Waals surface area contributed by atoms with Gasteiger partial charge in [0.25, 0.3) is 0 Å². The number of hydrogen-bond acceptors (Lipinski definition) is 1. The number of aryl methyl sites for hydroxylation is 1. The summed E-state index contributed by atoms with van der Waals surface area (Å²) in [4.78, 5) is 1.35. The second kappa shape index (κ2) is 5.26. The van der Waals surface area contributed by atoms with E-state index in [1.165, 1.54) is 16.0 Å². The Balaban J connectivity index is 3.09. The fourth-order valence-corrected chi connectivity index (χ4v) is 1.93. The molecule has 1 rings (SSSR count). The Bertz CT molecular complexity index is 293. The molecule has 1 aromatic rings. The third kappa shape index (κ3) is 2.65. The zero-order valence-corrected chi connectivity index (χ0v) is 10.0. The lowest BCUT2D eigenvalue weighted by molar-refractivity contribution is 0.951. The predicted octanol–water partition coefficient (Wildman–Crippen LogP) is 4.26. The van der Waals surface area contributed by atoms with Crippen LogP contribution in [0.4, 0.5) is 0 Å². The second-order valence-corrected chi connectivity index (χ2v) is 4.37. The van der Waals surface area contributed by atoms with Gasteiger partial charge in [-0.2, -0.15) is 0 Å². The molecule has 1 aromatic carbocycles. The van der Waals surface area contributed by atoms with Crippen LogP contribution in [-0.2, 0) is 6.42 Å². The van der Waals surface area contributed by atoms with Crippen molar-refractivity contribution < 1.29 is 0 Å². The van der Waals surface area contributed by atoms with Crippen molar-refractivity contribution in [1.29, 1.82) is 0 Å². The number of rotatable bonds is 4. The van der Waals surface area contributed by atoms with Gasteiger partial charge in [0.05, 0.1) is 0 Å². The molecule has 0 saturated heterocycles. The molecule has 0 N–H and O–H groups in total. The lowest BCUT2D eigenvalue weighted by Gasteiger charge is -2.10. The van der Waals surface area contributed by atoms with Gasteiger partial charge in [0, 0.05) is 4.90 Å². The van der Waals surface area contributed by atoms with Crippen molar-refractivity contribution in [3.63, 3.8) is 0 Å². The van der Waals surface area contributed by atoms with Crippen LogP contribution in [0.3, 0.4) is 0 Å². The molecule has 1 unspecified atom stereocenters. The first-order chi connectivity index (χ1) is 6.71. The molecule has 0 fully saturated rings. The maximum Gasteiger partial charge on any atom is 0.00748 e. The zero-order chi connectivity index (χ0) is 10.6. The molecule has 0 heterocycles. The summed E-state index contributed by atoms with van der Waals surface area (Å²) in [7, 11) is 0. The minimum absolute atomic E-state index is 0.451. The van der Waals surface area contributed by atoms with Crippen LogP contribution in [0.25, 0.3) is 0 Å². The van der Waals surface area contributed by atoms with E-state index in [2.05, 4.69) is 44.9 Å². The first-order valence-corrected chi connectivity index (χ1v) is 6.24. The Hall–Kier alpha value is -0.690. The molecule has 1 atom stereocenters. The van der Waals surface area contributed by atoms with Gasteiger partial charge in [-0.1, -0.05) is 26.0 Å². The van der Waals surface area contributed by atoms with E-state index >= 15 is 0 Å². The van der Waals surface area contributed by atoms with Gasteiger partial charge in [0.1, 0.15) is 0 Å². The van der Waals surface area contributed by atoms with E-state index in [-0.39, 0.29) is 0 Å². The Morgan fingerprint density at radius 2 is 2.14 bits per heavy atom. The van der Waals surface area contributed by atoms with Gasteiger partial charge in [-0.15, -0.1) is 18.3 Å². The van der Waals surface area contributed by atoms with Crippen LogP contribution in [0.1, 0.15) is 30.9 Å². The molecule has 76 valence electrons. The zero-order valence-electron chi connectivity index (χ0n) is 9.21. The largest absolute Gasteiger partial charge is 0.130 e. The van der Waals surface area contributed by atoms with Crippen LogP contribution < -0.4 is 0 Å². The van der Waals surface area contributed by atoms with Gasteiger partial charge < -0.3 is 0 Å². The molecule has 0 radical (unpaired) electrons. The fraction of sp³-hybridized carbons (Fsp3) is 0.385. The van der Waals surface area contributed by atoms with Crippen LogP contribution in [0.2, 0.25) is 0 Å². The van der Waals surface area contributed by atoms with E-state index in [9.17, 15) is 0 Å². The monoisotopic (exact) mass is 206 g/mol. The first-order valence-electron chi connectivity index (χ1n) is 5.01. The van der Waals surface area contributed by atoms with E-state index in [1.807, 2.05) is 6.08 Å². The molecule has 0 aliphatic rings. The summed E-state index contributed by atoms with van der Waals surface area (Å²) in [5.74, 6) is 0.451. The Labute approximate surface area is 91.4 Å². The predicted molar refractivity (Wildman–Crippen MR) is 66.2 cm³/mol. The quantitative estimate of drug-likeness (QED) is 0.524. The van der Waals surface area contributed by atoms with Crippen molar-refractivity contribution in [2.24, 2.45) is 0 Å². The van der Waals surface area contributed by atoms with Gasteiger partial charge in [0.15, 0.2) is 0 Å². The van der Waals surface area contributed by atoms with Gasteiger partial charge in [-0.05, 0) is 41.9 Å². The number of hydrogen-bond donors (Lipinski definition) is 0. The highest BCUT2D eigenvalue weighted by atomic mass is 32.2. The van der Waals surface area contributed by atoms with E-state index in [4.69, 9.17) is 0 Å². The topological polar surface area (TPSA) is 0 Å². The molecule has 14 heavy (non-hydrogen) atoms. The molecule has 0 aliphatic heterocycles. The highest BCUT2D eigenvalue weighted by molar-refractivity contribution is 7.98. The van der Waals surface area contributed by atoms with E-state index in [0.29, 0.717) is 5.92 Å². The molecule has 0 aromatic heterocycles. The number of thioether (sulfide) groups is 1. The Morgan fingerprint density at radius 1 is 1.43 bits per heavy atom. The van der Waals surface area contributed by atoms with E-state index in [0.717, 1.165) is 6.42 Å². The van der Waals surface area contributed by atoms with E-state index in [1.54, 1.807) is 11.8 Å². The highest BCUT2D eigenvalue weighted by Gasteiger charge is 2.04. The lowest BCUT2D eigenvalue weighted by Crippen LogP contribution is -1.92. The lowest BCUT2D eigenvalue weighted by atomic mass is 9.98. The van der Waals surface area contributed by atoms with Crippen LogP contribution in [0.5, 0.6) is 0 Å². The minimum Gasteiger partial charge on any atom is -0.130 e. The molecule has 0 aliphatic carbocycles. The minimum atomic E-state index is 0.451. The van der Waals surface area contributed by atoms with Crippen molar-refractivity contribution >= 4 is 11.8 Å². The van der Waals surface area contributed by atoms with Crippen LogP contribution in [0, 0.1) is 0 Å². The van der Waals surface area contributed by atoms with Crippen molar-refractivity contribution in [1.82, 2.24) is 0 Å². The summed E-state index contributed by atoms with van der Waals surface area (Å²) in [6, 6.07) is 6.81. The third-order valence-corrected chi connectivity index (χ3v) is 3.22. The fourth-order valence-electron chi connectivity index (χ4n) is 1.41. The van der Waals surface area contributed by atoms with Crippen molar-refractivity contribution in [2.75, 3.05) is 6.26 Å².